The summed E-state index contributed by atoms with van der Waals surface area (Å²) in [5.41, 5.74) is 1.93. The first-order valence-corrected chi connectivity index (χ1v) is 10.3. The van der Waals surface area contributed by atoms with Gasteiger partial charge in [-0.15, -0.1) is 0 Å². The number of nitro benzene ring substituents is 1. The number of rotatable bonds is 7. The Bertz CT molecular complexity index is 935. The molecular weight excluding hydrogens is 370 g/mol. The van der Waals surface area contributed by atoms with Crippen LogP contribution in [0.3, 0.4) is 0 Å². The molecule has 1 aromatic heterocycles. The second-order valence-corrected chi connectivity index (χ2v) is 8.75. The van der Waals surface area contributed by atoms with E-state index in [4.69, 9.17) is 0 Å². The number of aromatic amines is 1. The lowest BCUT2D eigenvalue weighted by Gasteiger charge is -2.21. The number of benzene rings is 1. The minimum atomic E-state index is -3.80. The van der Waals surface area contributed by atoms with Crippen LogP contribution in [0.5, 0.6) is 0 Å². The van der Waals surface area contributed by atoms with Crippen molar-refractivity contribution in [1.29, 1.82) is 0 Å². The number of hydrogen-bond donors (Lipinski definition) is 2. The molecule has 0 bridgehead atoms. The van der Waals surface area contributed by atoms with Crippen molar-refractivity contribution < 1.29 is 13.3 Å². The topological polar surface area (TPSA) is 121 Å². The van der Waals surface area contributed by atoms with E-state index in [0.29, 0.717) is 25.2 Å². The summed E-state index contributed by atoms with van der Waals surface area (Å²) < 4.78 is 27.4. The average molecular weight is 393 g/mol. The Hall–Kier alpha value is -2.46. The number of aryl methyl sites for hydroxylation is 1. The van der Waals surface area contributed by atoms with Gasteiger partial charge in [0.25, 0.3) is 5.69 Å². The van der Waals surface area contributed by atoms with Crippen molar-refractivity contribution in [3.05, 3.63) is 45.8 Å². The second kappa shape index (κ2) is 7.65. The molecule has 27 heavy (non-hydrogen) atoms. The van der Waals surface area contributed by atoms with Crippen LogP contribution >= 0.6 is 0 Å². The lowest BCUT2D eigenvalue weighted by molar-refractivity contribution is -0.385. The summed E-state index contributed by atoms with van der Waals surface area (Å²) in [7, 11) is -3.80. The molecule has 1 fully saturated rings. The molecule has 2 heterocycles. The normalized spacial score (nSPS) is 16.4. The van der Waals surface area contributed by atoms with Gasteiger partial charge >= 0.3 is 0 Å². The maximum absolute atomic E-state index is 13.0. The highest BCUT2D eigenvalue weighted by molar-refractivity contribution is 7.89. The Labute approximate surface area is 158 Å². The van der Waals surface area contributed by atoms with Gasteiger partial charge in [0, 0.05) is 43.4 Å². The monoisotopic (exact) mass is 393 g/mol. The summed E-state index contributed by atoms with van der Waals surface area (Å²) in [5, 5.41) is 21.4. The first kappa shape index (κ1) is 19.3. The van der Waals surface area contributed by atoms with Gasteiger partial charge in [0.2, 0.25) is 10.0 Å². The molecule has 1 aliphatic rings. The van der Waals surface area contributed by atoms with Crippen LogP contribution < -0.4 is 5.32 Å². The summed E-state index contributed by atoms with van der Waals surface area (Å²) in [6.45, 7) is 4.70. The Balaban J connectivity index is 1.90. The number of H-pyrrole nitrogens is 1. The molecule has 1 aliphatic heterocycles. The summed E-state index contributed by atoms with van der Waals surface area (Å²) in [6.07, 6.45) is 2.18. The SMILES string of the molecule is Cc1cc(CC(C)Nc2ccc([N+](=O)[O-])cc2S(=O)(=O)N2CCCC2)n[nH]1. The predicted octanol–water partition coefficient (Wildman–Crippen LogP) is 2.45. The van der Waals surface area contributed by atoms with Gasteiger partial charge in [-0.3, -0.25) is 15.2 Å². The van der Waals surface area contributed by atoms with Gasteiger partial charge in [0.05, 0.1) is 16.3 Å². The number of sulfonamides is 1. The number of non-ortho nitro benzene ring substituents is 1. The van der Waals surface area contributed by atoms with Gasteiger partial charge in [-0.05, 0) is 38.8 Å². The molecule has 2 aromatic rings. The van der Waals surface area contributed by atoms with Crippen LogP contribution in [0.1, 0.15) is 31.2 Å². The number of nitro groups is 1. The fourth-order valence-corrected chi connectivity index (χ4v) is 4.93. The molecule has 0 radical (unpaired) electrons. The Morgan fingerprint density at radius 1 is 1.33 bits per heavy atom. The fraction of sp³-hybridized carbons (Fsp3) is 0.471. The van der Waals surface area contributed by atoms with E-state index < -0.39 is 14.9 Å². The van der Waals surface area contributed by atoms with Crippen molar-refractivity contribution in [2.24, 2.45) is 0 Å². The van der Waals surface area contributed by atoms with Crippen LogP contribution in [0.15, 0.2) is 29.2 Å². The van der Waals surface area contributed by atoms with Gasteiger partial charge in [-0.25, -0.2) is 8.42 Å². The van der Waals surface area contributed by atoms with Crippen LogP contribution in [0.2, 0.25) is 0 Å². The summed E-state index contributed by atoms with van der Waals surface area (Å²) in [4.78, 5) is 10.5. The molecule has 0 spiro atoms. The Morgan fingerprint density at radius 2 is 2.04 bits per heavy atom. The molecule has 0 saturated carbocycles. The van der Waals surface area contributed by atoms with E-state index in [0.717, 1.165) is 30.3 Å². The van der Waals surface area contributed by atoms with Crippen molar-refractivity contribution in [2.75, 3.05) is 18.4 Å². The van der Waals surface area contributed by atoms with Crippen LogP contribution in [-0.4, -0.2) is 47.0 Å². The Kier molecular flexibility index (Phi) is 5.47. The molecule has 146 valence electrons. The smallest absolute Gasteiger partial charge is 0.270 e. The van der Waals surface area contributed by atoms with E-state index in [1.165, 1.54) is 16.4 Å². The van der Waals surface area contributed by atoms with Crippen LogP contribution in [0, 0.1) is 17.0 Å². The highest BCUT2D eigenvalue weighted by Crippen LogP contribution is 2.31. The molecule has 9 nitrogen and oxygen atoms in total. The lowest BCUT2D eigenvalue weighted by atomic mass is 10.1. The highest BCUT2D eigenvalue weighted by atomic mass is 32.2. The number of aromatic nitrogens is 2. The minimum absolute atomic E-state index is 0.0522. The van der Waals surface area contributed by atoms with Crippen LogP contribution in [-0.2, 0) is 16.4 Å². The maximum Gasteiger partial charge on any atom is 0.270 e. The third-order valence-electron chi connectivity index (χ3n) is 4.54. The van der Waals surface area contributed by atoms with Gasteiger partial charge < -0.3 is 5.32 Å². The van der Waals surface area contributed by atoms with Crippen molar-refractivity contribution >= 4 is 21.4 Å². The summed E-state index contributed by atoms with van der Waals surface area (Å²) >= 11 is 0. The molecule has 10 heteroatoms. The molecule has 1 aromatic carbocycles. The molecule has 1 unspecified atom stereocenters. The molecule has 0 aliphatic carbocycles. The average Bonchev–Trinajstić information content (AvgIpc) is 3.27. The first-order chi connectivity index (χ1) is 12.8. The Morgan fingerprint density at radius 3 is 2.63 bits per heavy atom. The van der Waals surface area contributed by atoms with Gasteiger partial charge in [-0.2, -0.15) is 9.40 Å². The van der Waals surface area contributed by atoms with E-state index in [9.17, 15) is 18.5 Å². The summed E-state index contributed by atoms with van der Waals surface area (Å²) in [5.74, 6) is 0. The van der Waals surface area contributed by atoms with Crippen molar-refractivity contribution in [1.82, 2.24) is 14.5 Å². The lowest BCUT2D eigenvalue weighted by Crippen LogP contribution is -2.29. The van der Waals surface area contributed by atoms with E-state index in [2.05, 4.69) is 15.5 Å². The predicted molar refractivity (Wildman–Crippen MR) is 101 cm³/mol. The molecule has 1 saturated heterocycles. The second-order valence-electron chi connectivity index (χ2n) is 6.84. The van der Waals surface area contributed by atoms with Gasteiger partial charge in [-0.1, -0.05) is 0 Å². The number of anilines is 1. The van der Waals surface area contributed by atoms with Gasteiger partial charge in [0.1, 0.15) is 4.90 Å². The molecule has 1 atom stereocenters. The number of nitrogens with one attached hydrogen (secondary N) is 2. The van der Waals surface area contributed by atoms with Gasteiger partial charge in [0.15, 0.2) is 0 Å². The zero-order valence-electron chi connectivity index (χ0n) is 15.3. The van der Waals surface area contributed by atoms with Crippen molar-refractivity contribution in [3.63, 3.8) is 0 Å². The van der Waals surface area contributed by atoms with Crippen molar-refractivity contribution in [2.45, 2.75) is 44.0 Å². The van der Waals surface area contributed by atoms with Crippen LogP contribution in [0.4, 0.5) is 11.4 Å². The first-order valence-electron chi connectivity index (χ1n) is 8.83. The number of hydrogen-bond acceptors (Lipinski definition) is 6. The highest BCUT2D eigenvalue weighted by Gasteiger charge is 2.31. The largest absolute Gasteiger partial charge is 0.381 e. The fourth-order valence-electron chi connectivity index (χ4n) is 3.23. The standard InChI is InChI=1S/C17H23N5O4S/c1-12(9-14-10-13(2)19-20-14)18-16-6-5-15(22(23)24)11-17(16)27(25,26)21-7-3-4-8-21/h5-6,10-12,18H,3-4,7-9H2,1-2H3,(H,19,20). The zero-order valence-corrected chi connectivity index (χ0v) is 16.1. The summed E-state index contributed by atoms with van der Waals surface area (Å²) in [6, 6.07) is 5.74. The molecule has 3 rings (SSSR count). The third-order valence-corrected chi connectivity index (χ3v) is 6.47. The van der Waals surface area contributed by atoms with E-state index in [1.54, 1.807) is 0 Å². The molecule has 0 amide bonds. The molecular formula is C17H23N5O4S. The zero-order chi connectivity index (χ0) is 19.6. The minimum Gasteiger partial charge on any atom is -0.381 e. The van der Waals surface area contributed by atoms with E-state index in [-0.39, 0.29) is 16.6 Å². The number of nitrogens with zero attached hydrogens (tertiary/aromatic N) is 3. The van der Waals surface area contributed by atoms with E-state index >= 15 is 0 Å². The maximum atomic E-state index is 13.0. The van der Waals surface area contributed by atoms with E-state index in [1.807, 2.05) is 19.9 Å². The van der Waals surface area contributed by atoms with Crippen LogP contribution in [0.25, 0.3) is 0 Å². The van der Waals surface area contributed by atoms with Crippen molar-refractivity contribution in [3.8, 4) is 0 Å². The molecule has 2 N–H and O–H groups in total. The third kappa shape index (κ3) is 4.28. The quantitative estimate of drug-likeness (QED) is 0.550.